The fourth-order valence-electron chi connectivity index (χ4n) is 4.96. The zero-order chi connectivity index (χ0) is 22.1. The summed E-state index contributed by atoms with van der Waals surface area (Å²) in [5.41, 5.74) is 14.2. The molecule has 2 aliphatic rings. The summed E-state index contributed by atoms with van der Waals surface area (Å²) in [4.78, 5) is 9.33. The Hall–Kier alpha value is -2.84. The van der Waals surface area contributed by atoms with E-state index in [0.29, 0.717) is 23.1 Å². The molecule has 2 aromatic carbocycles. The number of nitrogens with two attached hydrogens (primary N) is 1. The normalized spacial score (nSPS) is 20.2. The standard InChI is InChI=1S/C26H33N5/c1-5-18-10-21-7-6-20(11-24(21)29-14-18)22-12-25(23(13-27)17(2)26(22)28)31-9-8-19(16-31)15-30(3)4/h6-7,11-12,14,18-19H,5,8-10,15-16,28H2,1-4H3. The first kappa shape index (κ1) is 21.4. The van der Waals surface area contributed by atoms with Crippen LogP contribution in [-0.2, 0) is 6.42 Å². The van der Waals surface area contributed by atoms with Crippen LogP contribution in [0.2, 0.25) is 0 Å². The monoisotopic (exact) mass is 415 g/mol. The second-order valence-electron chi connectivity index (χ2n) is 9.33. The zero-order valence-electron chi connectivity index (χ0n) is 19.2. The first-order chi connectivity index (χ1) is 14.9. The number of nitrogen functional groups attached to an aromatic ring is 1. The zero-order valence-corrected chi connectivity index (χ0v) is 19.2. The molecule has 0 bridgehead atoms. The Morgan fingerprint density at radius 2 is 2.10 bits per heavy atom. The third kappa shape index (κ3) is 4.18. The molecule has 1 fully saturated rings. The van der Waals surface area contributed by atoms with Gasteiger partial charge in [0.1, 0.15) is 6.07 Å². The molecule has 2 N–H and O–H groups in total. The van der Waals surface area contributed by atoms with Crippen molar-refractivity contribution in [3.05, 3.63) is 41.0 Å². The first-order valence-electron chi connectivity index (χ1n) is 11.3. The summed E-state index contributed by atoms with van der Waals surface area (Å²) in [6, 6.07) is 11.1. The Morgan fingerprint density at radius 3 is 2.81 bits per heavy atom. The highest BCUT2D eigenvalue weighted by Gasteiger charge is 2.27. The van der Waals surface area contributed by atoms with E-state index in [0.717, 1.165) is 67.0 Å². The minimum Gasteiger partial charge on any atom is -0.398 e. The molecule has 0 amide bonds. The Morgan fingerprint density at radius 1 is 1.29 bits per heavy atom. The summed E-state index contributed by atoms with van der Waals surface area (Å²) in [5, 5.41) is 9.90. The van der Waals surface area contributed by atoms with E-state index < -0.39 is 0 Å². The van der Waals surface area contributed by atoms with Crippen LogP contribution in [0.4, 0.5) is 17.1 Å². The molecule has 31 heavy (non-hydrogen) atoms. The van der Waals surface area contributed by atoms with Crippen LogP contribution in [0, 0.1) is 30.1 Å². The Balaban J connectivity index is 1.72. The van der Waals surface area contributed by atoms with Gasteiger partial charge >= 0.3 is 0 Å². The van der Waals surface area contributed by atoms with E-state index in [1.807, 2.05) is 6.92 Å². The third-order valence-corrected chi connectivity index (χ3v) is 6.80. The van der Waals surface area contributed by atoms with Crippen molar-refractivity contribution in [2.75, 3.05) is 44.4 Å². The molecule has 0 aliphatic carbocycles. The molecule has 1 saturated heterocycles. The number of hydrogen-bond acceptors (Lipinski definition) is 5. The van der Waals surface area contributed by atoms with E-state index in [-0.39, 0.29) is 0 Å². The highest BCUT2D eigenvalue weighted by molar-refractivity contribution is 5.87. The molecule has 162 valence electrons. The summed E-state index contributed by atoms with van der Waals surface area (Å²) in [7, 11) is 4.24. The Bertz CT molecular complexity index is 1050. The van der Waals surface area contributed by atoms with Crippen LogP contribution in [0.15, 0.2) is 29.3 Å². The molecule has 2 aliphatic heterocycles. The smallest absolute Gasteiger partial charge is 0.102 e. The SMILES string of the molecule is CCC1C=Nc2cc(-c3cc(N4CCC(CN(C)C)C4)c(C#N)c(C)c3N)ccc2C1. The lowest BCUT2D eigenvalue weighted by Crippen LogP contribution is -2.26. The van der Waals surface area contributed by atoms with Crippen molar-refractivity contribution < 1.29 is 0 Å². The van der Waals surface area contributed by atoms with E-state index in [2.05, 4.69) is 67.4 Å². The van der Waals surface area contributed by atoms with Gasteiger partial charge in [0.2, 0.25) is 0 Å². The second-order valence-corrected chi connectivity index (χ2v) is 9.33. The quantitative estimate of drug-likeness (QED) is 0.713. The van der Waals surface area contributed by atoms with Crippen molar-refractivity contribution in [1.29, 1.82) is 5.26 Å². The average Bonchev–Trinajstić information content (AvgIpc) is 3.22. The lowest BCUT2D eigenvalue weighted by molar-refractivity contribution is 0.340. The number of nitriles is 1. The van der Waals surface area contributed by atoms with Crippen LogP contribution < -0.4 is 10.6 Å². The van der Waals surface area contributed by atoms with Crippen molar-refractivity contribution >= 4 is 23.3 Å². The number of rotatable bonds is 5. The molecule has 0 saturated carbocycles. The Kier molecular flexibility index (Phi) is 6.02. The summed E-state index contributed by atoms with van der Waals surface area (Å²) in [5.74, 6) is 1.14. The lowest BCUT2D eigenvalue weighted by Gasteiger charge is -2.24. The van der Waals surface area contributed by atoms with E-state index in [9.17, 15) is 5.26 Å². The van der Waals surface area contributed by atoms with Crippen LogP contribution in [0.25, 0.3) is 11.1 Å². The highest BCUT2D eigenvalue weighted by atomic mass is 15.2. The fraction of sp³-hybridized carbons (Fsp3) is 0.462. The maximum absolute atomic E-state index is 9.90. The third-order valence-electron chi connectivity index (χ3n) is 6.80. The van der Waals surface area contributed by atoms with Crippen LogP contribution in [0.3, 0.4) is 0 Å². The summed E-state index contributed by atoms with van der Waals surface area (Å²) >= 11 is 0. The van der Waals surface area contributed by atoms with E-state index >= 15 is 0 Å². The predicted octanol–water partition coefficient (Wildman–Crippen LogP) is 4.79. The summed E-state index contributed by atoms with van der Waals surface area (Å²) in [6.45, 7) is 7.20. The largest absolute Gasteiger partial charge is 0.398 e. The topological polar surface area (TPSA) is 68.6 Å². The van der Waals surface area contributed by atoms with Crippen LogP contribution in [0.5, 0.6) is 0 Å². The van der Waals surface area contributed by atoms with Gasteiger partial charge in [0.25, 0.3) is 0 Å². The second kappa shape index (κ2) is 8.72. The predicted molar refractivity (Wildman–Crippen MR) is 130 cm³/mol. The van der Waals surface area contributed by atoms with Gasteiger partial charge in [-0.25, -0.2) is 0 Å². The van der Waals surface area contributed by atoms with Crippen molar-refractivity contribution in [2.24, 2.45) is 16.8 Å². The average molecular weight is 416 g/mol. The first-order valence-corrected chi connectivity index (χ1v) is 11.3. The number of fused-ring (bicyclic) bond motifs is 1. The van der Waals surface area contributed by atoms with E-state index in [1.54, 1.807) is 0 Å². The Labute approximate surface area is 186 Å². The van der Waals surface area contributed by atoms with Gasteiger partial charge < -0.3 is 15.5 Å². The molecule has 2 aromatic rings. The summed E-state index contributed by atoms with van der Waals surface area (Å²) < 4.78 is 0. The van der Waals surface area contributed by atoms with Gasteiger partial charge in [-0.05, 0) is 80.9 Å². The number of nitrogens with zero attached hydrogens (tertiary/aromatic N) is 4. The molecular weight excluding hydrogens is 382 g/mol. The molecule has 0 aromatic heterocycles. The van der Waals surface area contributed by atoms with Gasteiger partial charge in [-0.3, -0.25) is 4.99 Å². The molecule has 5 heteroatoms. The fourth-order valence-corrected chi connectivity index (χ4v) is 4.96. The number of anilines is 2. The molecule has 0 spiro atoms. The van der Waals surface area contributed by atoms with Crippen molar-refractivity contribution in [3.8, 4) is 17.2 Å². The number of aliphatic imine (C=N–C) groups is 1. The molecule has 4 rings (SSSR count). The van der Waals surface area contributed by atoms with Crippen LogP contribution in [0.1, 0.15) is 36.5 Å². The maximum atomic E-state index is 9.90. The highest BCUT2D eigenvalue weighted by Crippen LogP contribution is 2.40. The van der Waals surface area contributed by atoms with E-state index in [1.165, 1.54) is 5.56 Å². The molecule has 2 unspecified atom stereocenters. The minimum absolute atomic E-state index is 0.525. The van der Waals surface area contributed by atoms with Crippen molar-refractivity contribution in [1.82, 2.24) is 4.90 Å². The molecule has 5 nitrogen and oxygen atoms in total. The molecule has 2 atom stereocenters. The molecule has 0 radical (unpaired) electrons. The molecule has 2 heterocycles. The summed E-state index contributed by atoms with van der Waals surface area (Å²) in [6.07, 6.45) is 5.39. The minimum atomic E-state index is 0.525. The van der Waals surface area contributed by atoms with E-state index in [4.69, 9.17) is 10.7 Å². The van der Waals surface area contributed by atoms with Crippen LogP contribution >= 0.6 is 0 Å². The van der Waals surface area contributed by atoms with Gasteiger partial charge in [0.05, 0.1) is 16.9 Å². The number of hydrogen-bond donors (Lipinski definition) is 1. The van der Waals surface area contributed by atoms with Crippen molar-refractivity contribution in [2.45, 2.75) is 33.1 Å². The van der Waals surface area contributed by atoms with Gasteiger partial charge in [-0.2, -0.15) is 5.26 Å². The van der Waals surface area contributed by atoms with Gasteiger partial charge in [0.15, 0.2) is 0 Å². The lowest BCUT2D eigenvalue weighted by atomic mass is 9.90. The molecular formula is C26H33N5. The van der Waals surface area contributed by atoms with Crippen molar-refractivity contribution in [3.63, 3.8) is 0 Å². The van der Waals surface area contributed by atoms with Gasteiger partial charge in [-0.1, -0.05) is 19.1 Å². The van der Waals surface area contributed by atoms with Gasteiger partial charge in [0, 0.05) is 37.1 Å². The van der Waals surface area contributed by atoms with Crippen LogP contribution in [-0.4, -0.2) is 44.8 Å². The van der Waals surface area contributed by atoms with Gasteiger partial charge in [-0.15, -0.1) is 0 Å². The number of benzene rings is 2. The maximum Gasteiger partial charge on any atom is 0.102 e.